The van der Waals surface area contributed by atoms with Crippen molar-refractivity contribution in [1.29, 1.82) is 0 Å². The van der Waals surface area contributed by atoms with Gasteiger partial charge < -0.3 is 9.47 Å². The van der Waals surface area contributed by atoms with Gasteiger partial charge in [0.2, 0.25) is 11.0 Å². The van der Waals surface area contributed by atoms with Crippen molar-refractivity contribution in [3.05, 3.63) is 54.1 Å². The molecule has 1 amide bonds. The van der Waals surface area contributed by atoms with Gasteiger partial charge in [0.25, 0.3) is 0 Å². The van der Waals surface area contributed by atoms with Gasteiger partial charge in [-0.1, -0.05) is 41.7 Å². The van der Waals surface area contributed by atoms with Crippen molar-refractivity contribution in [2.75, 3.05) is 25.3 Å². The first kappa shape index (κ1) is 19.2. The molecule has 3 rings (SSSR count). The first-order valence-electron chi connectivity index (χ1n) is 8.17. The number of nitrogens with zero attached hydrogens (tertiary/aromatic N) is 2. The van der Waals surface area contributed by atoms with Crippen molar-refractivity contribution in [3.63, 3.8) is 0 Å². The number of methoxy groups -OCH3 is 2. The molecule has 0 unspecified atom stereocenters. The SMILES string of the molecule is COc1ccc(OC)c(-c2nnc(NC(=O)CSCc3ccccc3)s2)c1. The lowest BCUT2D eigenvalue weighted by atomic mass is 10.2. The number of thioether (sulfide) groups is 1. The number of hydrogen-bond donors (Lipinski definition) is 1. The smallest absolute Gasteiger partial charge is 0.236 e. The van der Waals surface area contributed by atoms with E-state index in [0.717, 1.165) is 11.3 Å². The highest BCUT2D eigenvalue weighted by Crippen LogP contribution is 2.36. The summed E-state index contributed by atoms with van der Waals surface area (Å²) in [5.41, 5.74) is 1.96. The standard InChI is InChI=1S/C19H19N3O3S2/c1-24-14-8-9-16(25-2)15(10-14)18-21-22-19(27-18)20-17(23)12-26-11-13-6-4-3-5-7-13/h3-10H,11-12H2,1-2H3,(H,20,22,23). The fraction of sp³-hybridized carbons (Fsp3) is 0.211. The number of nitrogens with one attached hydrogen (secondary N) is 1. The van der Waals surface area contributed by atoms with Crippen LogP contribution in [-0.2, 0) is 10.5 Å². The molecule has 1 heterocycles. The molecule has 0 bridgehead atoms. The fourth-order valence-corrected chi connectivity index (χ4v) is 3.92. The first-order chi connectivity index (χ1) is 13.2. The third-order valence-electron chi connectivity index (χ3n) is 3.65. The van der Waals surface area contributed by atoms with E-state index in [1.807, 2.05) is 48.5 Å². The van der Waals surface area contributed by atoms with Crippen molar-refractivity contribution in [3.8, 4) is 22.1 Å². The van der Waals surface area contributed by atoms with Crippen molar-refractivity contribution < 1.29 is 14.3 Å². The summed E-state index contributed by atoms with van der Waals surface area (Å²) in [6.45, 7) is 0. The summed E-state index contributed by atoms with van der Waals surface area (Å²) in [5.74, 6) is 2.41. The van der Waals surface area contributed by atoms with E-state index in [0.29, 0.717) is 27.4 Å². The highest BCUT2D eigenvalue weighted by atomic mass is 32.2. The van der Waals surface area contributed by atoms with Gasteiger partial charge in [0, 0.05) is 5.75 Å². The van der Waals surface area contributed by atoms with Crippen LogP contribution in [0, 0.1) is 0 Å². The van der Waals surface area contributed by atoms with Crippen LogP contribution in [0.2, 0.25) is 0 Å². The zero-order chi connectivity index (χ0) is 19.1. The summed E-state index contributed by atoms with van der Waals surface area (Å²) in [7, 11) is 3.20. The minimum atomic E-state index is -0.101. The summed E-state index contributed by atoms with van der Waals surface area (Å²) in [4.78, 5) is 12.1. The second-order valence-corrected chi connectivity index (χ2v) is 7.47. The normalized spacial score (nSPS) is 10.4. The first-order valence-corrected chi connectivity index (χ1v) is 10.1. The average Bonchev–Trinajstić information content (AvgIpc) is 3.16. The van der Waals surface area contributed by atoms with Crippen LogP contribution in [0.15, 0.2) is 48.5 Å². The quantitative estimate of drug-likeness (QED) is 0.613. The average molecular weight is 402 g/mol. The highest BCUT2D eigenvalue weighted by Gasteiger charge is 2.14. The Kier molecular flexibility index (Phi) is 6.67. The van der Waals surface area contributed by atoms with Crippen LogP contribution in [0.4, 0.5) is 5.13 Å². The maximum Gasteiger partial charge on any atom is 0.236 e. The van der Waals surface area contributed by atoms with E-state index >= 15 is 0 Å². The molecule has 0 atom stereocenters. The molecule has 140 valence electrons. The molecule has 6 nitrogen and oxygen atoms in total. The number of ether oxygens (including phenoxy) is 2. The summed E-state index contributed by atoms with van der Waals surface area (Å²) in [6.07, 6.45) is 0. The van der Waals surface area contributed by atoms with E-state index < -0.39 is 0 Å². The number of benzene rings is 2. The van der Waals surface area contributed by atoms with E-state index in [4.69, 9.17) is 9.47 Å². The van der Waals surface area contributed by atoms with Gasteiger partial charge >= 0.3 is 0 Å². The summed E-state index contributed by atoms with van der Waals surface area (Å²) in [6, 6.07) is 15.5. The van der Waals surface area contributed by atoms with Gasteiger partial charge in [0.1, 0.15) is 11.5 Å². The molecule has 2 aromatic carbocycles. The summed E-state index contributed by atoms with van der Waals surface area (Å²) in [5, 5.41) is 12.1. The van der Waals surface area contributed by atoms with Crippen LogP contribution >= 0.6 is 23.1 Å². The number of aromatic nitrogens is 2. The van der Waals surface area contributed by atoms with Gasteiger partial charge in [0.15, 0.2) is 5.01 Å². The van der Waals surface area contributed by atoms with Gasteiger partial charge in [-0.2, -0.15) is 0 Å². The van der Waals surface area contributed by atoms with E-state index in [2.05, 4.69) is 15.5 Å². The zero-order valence-electron chi connectivity index (χ0n) is 15.0. The Morgan fingerprint density at radius 3 is 2.67 bits per heavy atom. The van der Waals surface area contributed by atoms with Gasteiger partial charge in [0.05, 0.1) is 25.5 Å². The molecule has 0 radical (unpaired) electrons. The molecule has 0 aliphatic rings. The van der Waals surface area contributed by atoms with Crippen LogP contribution in [-0.4, -0.2) is 36.1 Å². The molecule has 0 fully saturated rings. The Bertz CT molecular complexity index is 900. The van der Waals surface area contributed by atoms with Crippen LogP contribution in [0.25, 0.3) is 10.6 Å². The molecule has 0 saturated carbocycles. The Balaban J connectivity index is 1.60. The monoisotopic (exact) mass is 401 g/mol. The van der Waals surface area contributed by atoms with Gasteiger partial charge in [-0.15, -0.1) is 22.0 Å². The van der Waals surface area contributed by atoms with E-state index in [9.17, 15) is 4.79 Å². The third-order valence-corrected chi connectivity index (χ3v) is 5.53. The maximum absolute atomic E-state index is 12.1. The Labute approximate surface area is 165 Å². The van der Waals surface area contributed by atoms with Crippen molar-refractivity contribution in [2.24, 2.45) is 0 Å². The highest BCUT2D eigenvalue weighted by molar-refractivity contribution is 7.99. The number of carbonyl (C=O) groups is 1. The molecule has 0 aliphatic carbocycles. The minimum Gasteiger partial charge on any atom is -0.497 e. The number of hydrogen-bond acceptors (Lipinski definition) is 7. The Morgan fingerprint density at radius 2 is 1.93 bits per heavy atom. The van der Waals surface area contributed by atoms with Gasteiger partial charge in [-0.25, -0.2) is 0 Å². The molecule has 3 aromatic rings. The molecule has 1 aromatic heterocycles. The van der Waals surface area contributed by atoms with Crippen molar-refractivity contribution in [1.82, 2.24) is 10.2 Å². The lowest BCUT2D eigenvalue weighted by Gasteiger charge is -2.07. The largest absolute Gasteiger partial charge is 0.497 e. The van der Waals surface area contributed by atoms with E-state index in [-0.39, 0.29) is 5.91 Å². The molecule has 0 aliphatic heterocycles. The molecule has 8 heteroatoms. The summed E-state index contributed by atoms with van der Waals surface area (Å²) >= 11 is 2.85. The number of rotatable bonds is 8. The molecule has 0 saturated heterocycles. The van der Waals surface area contributed by atoms with E-state index in [1.165, 1.54) is 16.9 Å². The number of carbonyl (C=O) groups excluding carboxylic acids is 1. The van der Waals surface area contributed by atoms with Crippen LogP contribution in [0.1, 0.15) is 5.56 Å². The predicted molar refractivity (Wildman–Crippen MR) is 110 cm³/mol. The number of anilines is 1. The van der Waals surface area contributed by atoms with Gasteiger partial charge in [-0.3, -0.25) is 10.1 Å². The van der Waals surface area contributed by atoms with Gasteiger partial charge in [-0.05, 0) is 23.8 Å². The number of amides is 1. The fourth-order valence-electron chi connectivity index (χ4n) is 2.35. The molecular weight excluding hydrogens is 382 g/mol. The second kappa shape index (κ2) is 9.38. The molecule has 27 heavy (non-hydrogen) atoms. The molecule has 1 N–H and O–H groups in total. The Hall–Kier alpha value is -2.58. The van der Waals surface area contributed by atoms with Crippen LogP contribution in [0.3, 0.4) is 0 Å². The zero-order valence-corrected chi connectivity index (χ0v) is 16.6. The van der Waals surface area contributed by atoms with Crippen LogP contribution in [0.5, 0.6) is 11.5 Å². The second-order valence-electron chi connectivity index (χ2n) is 5.51. The van der Waals surface area contributed by atoms with Crippen LogP contribution < -0.4 is 14.8 Å². The predicted octanol–water partition coefficient (Wildman–Crippen LogP) is 4.09. The third kappa shape index (κ3) is 5.21. The van der Waals surface area contributed by atoms with Crippen molar-refractivity contribution in [2.45, 2.75) is 5.75 Å². The lowest BCUT2D eigenvalue weighted by molar-refractivity contribution is -0.113. The molecule has 0 spiro atoms. The topological polar surface area (TPSA) is 73.3 Å². The maximum atomic E-state index is 12.1. The lowest BCUT2D eigenvalue weighted by Crippen LogP contribution is -2.13. The van der Waals surface area contributed by atoms with E-state index in [1.54, 1.807) is 26.0 Å². The minimum absolute atomic E-state index is 0.101. The Morgan fingerprint density at radius 1 is 1.11 bits per heavy atom. The molecular formula is C19H19N3O3S2. The van der Waals surface area contributed by atoms with Crippen molar-refractivity contribution >= 4 is 34.1 Å². The summed E-state index contributed by atoms with van der Waals surface area (Å²) < 4.78 is 10.6.